The van der Waals surface area contributed by atoms with E-state index in [0.717, 1.165) is 22.3 Å². The third kappa shape index (κ3) is 57.2. The van der Waals surface area contributed by atoms with Crippen molar-refractivity contribution in [3.8, 4) is 24.7 Å². The summed E-state index contributed by atoms with van der Waals surface area (Å²) in [5.41, 5.74) is 39.9. The highest BCUT2D eigenvalue weighted by Gasteiger charge is 2.21. The van der Waals surface area contributed by atoms with Crippen molar-refractivity contribution in [3.05, 3.63) is 185 Å². The van der Waals surface area contributed by atoms with Crippen molar-refractivity contribution in [2.45, 2.75) is 187 Å². The number of azide groups is 4. The van der Waals surface area contributed by atoms with Gasteiger partial charge < -0.3 is 106 Å². The molecule has 3 aromatic carbocycles. The Morgan fingerprint density at radius 1 is 0.407 bits per heavy atom. The molecule has 6 rings (SSSR count). The summed E-state index contributed by atoms with van der Waals surface area (Å²) in [6, 6.07) is 21.6. The lowest BCUT2D eigenvalue weighted by molar-refractivity contribution is -0.365. The number of carbonyl (C=O) groups is 4. The number of aliphatic hydroxyl groups is 6. The minimum absolute atomic E-state index is 0.00690. The highest BCUT2D eigenvalue weighted by molar-refractivity contribution is 6.03. The Balaban J connectivity index is 0.000000466. The lowest BCUT2D eigenvalue weighted by Crippen LogP contribution is -2.77. The molecule has 0 saturated heterocycles. The first-order valence-electron chi connectivity index (χ1n) is 43.0. The molecule has 0 saturated carbocycles. The van der Waals surface area contributed by atoms with Gasteiger partial charge in [0, 0.05) is 48.9 Å². The van der Waals surface area contributed by atoms with Gasteiger partial charge in [0.1, 0.15) is 24.6 Å². The summed E-state index contributed by atoms with van der Waals surface area (Å²) in [4.78, 5) is 60.7. The molecule has 48 heteroatoms. The van der Waals surface area contributed by atoms with Crippen LogP contribution in [0.4, 0.5) is 36.2 Å². The van der Waals surface area contributed by atoms with E-state index in [2.05, 4.69) is 93.5 Å². The zero-order valence-corrected chi connectivity index (χ0v) is 77.1. The van der Waals surface area contributed by atoms with Gasteiger partial charge in [-0.3, -0.25) is 16.0 Å². The third-order valence-corrected chi connectivity index (χ3v) is 17.5. The van der Waals surface area contributed by atoms with Gasteiger partial charge in [0.15, 0.2) is 13.2 Å². The topological polar surface area (TPSA) is 644 Å². The molecular weight excluding hydrogens is 1770 g/mol. The number of ether oxygens (including phenoxy) is 16. The number of nitrogens with one attached hydrogen (secondary N) is 4. The van der Waals surface area contributed by atoms with Gasteiger partial charge in [0.2, 0.25) is 5.71 Å². The van der Waals surface area contributed by atoms with Crippen LogP contribution < -0.4 is 20.9 Å². The van der Waals surface area contributed by atoms with Gasteiger partial charge in [0.25, 0.3) is 0 Å². The predicted octanol–water partition coefficient (Wildman–Crippen LogP) is 7.72. The number of anilines is 3. The quantitative estimate of drug-likeness (QED) is 0.00585. The van der Waals surface area contributed by atoms with E-state index in [1.54, 1.807) is 74.8 Å². The Labute approximate surface area is 781 Å². The van der Waals surface area contributed by atoms with Crippen LogP contribution in [0.15, 0.2) is 136 Å². The van der Waals surface area contributed by atoms with Crippen LogP contribution in [-0.4, -0.2) is 321 Å². The molecule has 1 aliphatic rings. The summed E-state index contributed by atoms with van der Waals surface area (Å²) in [7, 11) is 0. The first kappa shape index (κ1) is 115. The first-order chi connectivity index (χ1) is 64.9. The van der Waals surface area contributed by atoms with Crippen molar-refractivity contribution < 1.29 is 131 Å². The number of hydrogen-bond acceptors (Lipinski definition) is 34. The number of hydrogen-bond donors (Lipinski definition) is 10. The average Bonchev–Trinajstić information content (AvgIpc) is 1.78. The van der Waals surface area contributed by atoms with Crippen molar-refractivity contribution in [2.75, 3.05) is 154 Å². The standard InChI is InChI=1S/C39H54N14O12.C27H54N6O10.C21H16N2O4/c1-26(62-24-35(55)13-43-49-41)19-61-23-36(56)16-52-14-32(46-50-52)20-64-38(58)44-30-7-3-28(4-8-30)11-29-5-9-31(10-6-29)45-39(59)65-21-33-15-53(51-47-33)17-37(57)25-63-27(2)18-60-22-34(54)12-42-48-40;1-19(10-36-17-26(34)8-30-32-28)37-11-20(2)38-12-21(3)39-13-22(4)40-14-23(5)41-15-24(6)42-16-25(7)43-18-27(35)9-31-33-29;1-3-13-26-20(24)22-18-9-5-16(6-10-18)15-17-7-11-19(12-8-17)23-21(25)27-14-4-2/h3-10,14-15,26-27,34-37,54-57H,11-13,16-25H2,1-2H3,(H,44,58)(H,45,59);19-27,34-35H,8-18H2,1-7H3;1-2,5-12,15H,13-14H2,(H,22,24)/p+1. The zero-order valence-electron chi connectivity index (χ0n) is 77.1. The van der Waals surface area contributed by atoms with Crippen molar-refractivity contribution in [1.82, 2.24) is 30.0 Å². The number of benzene rings is 3. The summed E-state index contributed by atoms with van der Waals surface area (Å²) in [5, 5.41) is 96.0. The molecule has 48 nitrogen and oxygen atoms in total. The molecule has 135 heavy (non-hydrogen) atoms. The molecule has 5 aromatic rings. The fraction of sp³-hybridized carbons (Fsp3) is 0.575. The second-order valence-corrected chi connectivity index (χ2v) is 30.5. The van der Waals surface area contributed by atoms with Crippen molar-refractivity contribution in [2.24, 2.45) is 20.5 Å². The van der Waals surface area contributed by atoms with Crippen LogP contribution in [0.2, 0.25) is 0 Å². The SMILES string of the molecule is C#CCOC(=O)Nc1ccc(C=C2C=CC(=[NH+]C(=O)OCC#C)C=C2)cc1.CC(COCC(O)CN=[N+]=[N-])OCC(C)OCC(C)OCC(C)OCC(C)OCC(C)OCC(C)OCC(O)CN=[N+]=[N-].CC(COCC(O)Cn1cc(COC(=O)Nc2ccc(Cc3ccc(NC(=O)OCc4cn(CC(O)COC(C)COCC(O)CN=[N+]=[N-])nn4)cc3)cc2)nn1)OCC(O)CN=[N+]=[N-]. The highest BCUT2D eigenvalue weighted by Crippen LogP contribution is 2.20. The smallest absolute Gasteiger partial charge is 0.443 e. The number of terminal acetylenes is 2. The molecule has 0 fully saturated rings. The Morgan fingerprint density at radius 2 is 0.704 bits per heavy atom. The van der Waals surface area contributed by atoms with Gasteiger partial charge in [-0.25, -0.2) is 23.7 Å². The summed E-state index contributed by atoms with van der Waals surface area (Å²) < 4.78 is 90.3. The molecule has 2 aromatic heterocycles. The third-order valence-electron chi connectivity index (χ3n) is 17.5. The normalized spacial score (nSPS) is 14.7. The van der Waals surface area contributed by atoms with Crippen molar-refractivity contribution in [3.63, 3.8) is 0 Å². The van der Waals surface area contributed by atoms with E-state index < -0.39 is 61.0 Å². The molecule has 0 spiro atoms. The van der Waals surface area contributed by atoms with E-state index in [-0.39, 0.29) is 173 Å². The number of aliphatic hydroxyl groups excluding tert-OH is 6. The van der Waals surface area contributed by atoms with E-state index in [0.29, 0.717) is 86.8 Å². The van der Waals surface area contributed by atoms with E-state index in [1.807, 2.05) is 103 Å². The number of aromatic nitrogens is 6. The molecule has 0 bridgehead atoms. The van der Waals surface area contributed by atoms with Crippen LogP contribution in [0.5, 0.6) is 0 Å². The van der Waals surface area contributed by atoms with Crippen LogP contribution in [0, 0.1) is 24.7 Å². The monoisotopic (exact) mass is 1890 g/mol. The number of carbonyl (C=O) groups excluding carboxylic acids is 4. The largest absolute Gasteiger partial charge is 0.596 e. The maximum atomic E-state index is 12.4. The maximum Gasteiger partial charge on any atom is 0.596 e. The molecule has 0 radical (unpaired) electrons. The summed E-state index contributed by atoms with van der Waals surface area (Å²) >= 11 is 0. The Hall–Kier alpha value is -12.2. The van der Waals surface area contributed by atoms with Gasteiger partial charge in [-0.15, -0.1) is 28.0 Å². The Kier molecular flexibility index (Phi) is 59.3. The highest BCUT2D eigenvalue weighted by atomic mass is 16.6. The fourth-order valence-electron chi connectivity index (χ4n) is 10.7. The van der Waals surface area contributed by atoms with Crippen LogP contribution in [0.3, 0.4) is 0 Å². The van der Waals surface area contributed by atoms with Crippen LogP contribution >= 0.6 is 0 Å². The number of amides is 4. The fourth-order valence-corrected chi connectivity index (χ4v) is 10.7. The van der Waals surface area contributed by atoms with Gasteiger partial charge in [0.05, 0.1) is 242 Å². The van der Waals surface area contributed by atoms with Gasteiger partial charge >= 0.3 is 24.4 Å². The molecule has 15 unspecified atom stereocenters. The lowest BCUT2D eigenvalue weighted by Gasteiger charge is -2.23. The minimum atomic E-state index is -0.918. The van der Waals surface area contributed by atoms with Gasteiger partial charge in [-0.05, 0) is 168 Å². The van der Waals surface area contributed by atoms with Crippen molar-refractivity contribution in [1.29, 1.82) is 0 Å². The number of nitrogens with zero attached hydrogens (tertiary/aromatic N) is 18. The molecule has 2 heterocycles. The minimum Gasteiger partial charge on any atom is -0.443 e. The number of allylic oxidation sites excluding steroid dienone is 5. The molecule has 10 N–H and O–H groups in total. The second-order valence-electron chi connectivity index (χ2n) is 30.5. The Bertz CT molecular complexity index is 4630. The van der Waals surface area contributed by atoms with E-state index in [1.165, 1.54) is 9.36 Å². The summed E-state index contributed by atoms with van der Waals surface area (Å²) in [6.07, 6.45) is 13.1. The van der Waals surface area contributed by atoms with E-state index in [4.69, 9.17) is 111 Å². The van der Waals surface area contributed by atoms with E-state index in [9.17, 15) is 49.8 Å². The Morgan fingerprint density at radius 3 is 1.05 bits per heavy atom. The molecule has 0 aliphatic heterocycles. The maximum absolute atomic E-state index is 12.4. The van der Waals surface area contributed by atoms with E-state index >= 15 is 0 Å². The van der Waals surface area contributed by atoms with Gasteiger partial charge in [-0.2, -0.15) is 4.79 Å². The first-order valence-corrected chi connectivity index (χ1v) is 43.0. The molecule has 4 amide bonds. The molecule has 15 atom stereocenters. The van der Waals surface area contributed by atoms with Crippen molar-refractivity contribution >= 4 is 53.2 Å². The molecular formula is C87H125N22O26+. The van der Waals surface area contributed by atoms with Gasteiger partial charge in [-0.1, -0.05) is 79.1 Å². The second kappa shape index (κ2) is 69.6. The predicted molar refractivity (Wildman–Crippen MR) is 489 cm³/mol. The molecule has 738 valence electrons. The zero-order chi connectivity index (χ0) is 98.8. The summed E-state index contributed by atoms with van der Waals surface area (Å²) in [6.45, 7) is 19.3. The van der Waals surface area contributed by atoms with Crippen LogP contribution in [0.25, 0.3) is 47.8 Å². The summed E-state index contributed by atoms with van der Waals surface area (Å²) in [5.74, 6) is 4.44. The molecule has 1 aliphatic carbocycles. The number of rotatable bonds is 63. The average molecular weight is 1900 g/mol. The van der Waals surface area contributed by atoms with Crippen LogP contribution in [0.1, 0.15) is 90.4 Å². The van der Waals surface area contributed by atoms with Crippen LogP contribution in [-0.2, 0) is 109 Å². The lowest BCUT2D eigenvalue weighted by atomic mass is 10.0.